The number of pyridine rings is 1. The molecule has 2 N–H and O–H groups in total. The molecule has 23 heavy (non-hydrogen) atoms. The molecule has 0 saturated heterocycles. The van der Waals surface area contributed by atoms with Crippen molar-refractivity contribution in [1.29, 1.82) is 0 Å². The van der Waals surface area contributed by atoms with Gasteiger partial charge in [-0.15, -0.1) is 0 Å². The number of hydrogen-bond donors (Lipinski definition) is 2. The molecule has 2 amide bonds. The minimum Gasteiger partial charge on any atom is -0.484 e. The van der Waals surface area contributed by atoms with Crippen molar-refractivity contribution < 1.29 is 14.3 Å². The number of ether oxygens (including phenoxy) is 1. The van der Waals surface area contributed by atoms with E-state index in [1.807, 2.05) is 6.07 Å². The van der Waals surface area contributed by atoms with Crippen LogP contribution in [0.25, 0.3) is 0 Å². The minimum absolute atomic E-state index is 0.0148. The molecule has 1 aliphatic rings. The Bertz CT molecular complexity index is 747. The average molecular weight is 332 g/mol. The van der Waals surface area contributed by atoms with E-state index in [9.17, 15) is 9.59 Å². The van der Waals surface area contributed by atoms with Gasteiger partial charge >= 0.3 is 0 Å². The zero-order valence-electron chi connectivity index (χ0n) is 12.1. The molecule has 7 heteroatoms. The summed E-state index contributed by atoms with van der Waals surface area (Å²) in [5.41, 5.74) is 1.80. The van der Waals surface area contributed by atoms with Crippen LogP contribution < -0.4 is 15.4 Å². The van der Waals surface area contributed by atoms with Crippen molar-refractivity contribution in [3.63, 3.8) is 0 Å². The maximum Gasteiger partial charge on any atom is 0.263 e. The Balaban J connectivity index is 1.56. The molecule has 2 heterocycles. The van der Waals surface area contributed by atoms with Crippen LogP contribution in [0.5, 0.6) is 5.75 Å². The number of carbonyl (C=O) groups is 2. The summed E-state index contributed by atoms with van der Waals surface area (Å²) in [7, 11) is 0. The second-order valence-electron chi connectivity index (χ2n) is 5.07. The summed E-state index contributed by atoms with van der Waals surface area (Å²) in [4.78, 5) is 27.1. The molecule has 118 valence electrons. The van der Waals surface area contributed by atoms with Crippen LogP contribution in [0.3, 0.4) is 0 Å². The van der Waals surface area contributed by atoms with Gasteiger partial charge in [-0.05, 0) is 42.3 Å². The van der Waals surface area contributed by atoms with Crippen molar-refractivity contribution in [2.75, 3.05) is 17.2 Å². The van der Waals surface area contributed by atoms with E-state index in [1.54, 1.807) is 24.3 Å². The van der Waals surface area contributed by atoms with Crippen LogP contribution >= 0.6 is 11.6 Å². The fourth-order valence-corrected chi connectivity index (χ4v) is 2.34. The largest absolute Gasteiger partial charge is 0.484 e. The number of fused-ring (bicyclic) bond motifs is 1. The lowest BCUT2D eigenvalue weighted by Crippen LogP contribution is -2.21. The number of nitrogens with one attached hydrogen (secondary N) is 2. The maximum absolute atomic E-state index is 11.8. The molecule has 1 aromatic carbocycles. The molecule has 1 aliphatic heterocycles. The number of nitrogens with zero attached hydrogens (tertiary/aromatic N) is 1. The van der Waals surface area contributed by atoms with E-state index >= 15 is 0 Å². The third-order valence-electron chi connectivity index (χ3n) is 3.34. The number of hydrogen-bond acceptors (Lipinski definition) is 4. The molecule has 0 radical (unpaired) electrons. The molecule has 2 aromatic rings. The zero-order chi connectivity index (χ0) is 16.2. The molecule has 0 bridgehead atoms. The molecule has 6 nitrogen and oxygen atoms in total. The first-order valence-electron chi connectivity index (χ1n) is 7.07. The number of aromatic nitrogens is 1. The fraction of sp³-hybridized carbons (Fsp3) is 0.188. The van der Waals surface area contributed by atoms with Crippen molar-refractivity contribution in [3.05, 3.63) is 47.1 Å². The number of anilines is 2. The number of amides is 2. The first-order valence-corrected chi connectivity index (χ1v) is 7.45. The molecule has 1 aromatic heterocycles. The number of carbonyl (C=O) groups excluding carboxylic acids is 2. The lowest BCUT2D eigenvalue weighted by molar-refractivity contribution is -0.118. The highest BCUT2D eigenvalue weighted by Crippen LogP contribution is 2.26. The van der Waals surface area contributed by atoms with Gasteiger partial charge in [-0.1, -0.05) is 11.6 Å². The van der Waals surface area contributed by atoms with Gasteiger partial charge in [0.05, 0.1) is 5.02 Å². The van der Waals surface area contributed by atoms with E-state index in [4.69, 9.17) is 16.3 Å². The third-order valence-corrected chi connectivity index (χ3v) is 3.56. The number of benzene rings is 1. The summed E-state index contributed by atoms with van der Waals surface area (Å²) >= 11 is 5.73. The van der Waals surface area contributed by atoms with Gasteiger partial charge in [0.25, 0.3) is 5.91 Å². The maximum atomic E-state index is 11.8. The summed E-state index contributed by atoms with van der Waals surface area (Å²) < 4.78 is 5.48. The Morgan fingerprint density at radius 3 is 2.96 bits per heavy atom. The molecule has 0 spiro atoms. The van der Waals surface area contributed by atoms with Crippen molar-refractivity contribution >= 4 is 34.9 Å². The van der Waals surface area contributed by atoms with Crippen molar-refractivity contribution in [3.8, 4) is 5.75 Å². The highest BCUT2D eigenvalue weighted by Gasteiger charge is 2.15. The SMILES string of the molecule is O=C(COc1ccc2c(c1)CCC(=O)N2)Nc1ccc(Cl)cn1. The van der Waals surface area contributed by atoms with Gasteiger partial charge in [0, 0.05) is 18.3 Å². The van der Waals surface area contributed by atoms with Gasteiger partial charge in [-0.2, -0.15) is 0 Å². The molecule has 0 fully saturated rings. The monoisotopic (exact) mass is 331 g/mol. The van der Waals surface area contributed by atoms with Crippen LogP contribution in [0.1, 0.15) is 12.0 Å². The van der Waals surface area contributed by atoms with Gasteiger partial charge in [0.2, 0.25) is 5.91 Å². The van der Waals surface area contributed by atoms with Gasteiger partial charge in [-0.3, -0.25) is 9.59 Å². The predicted molar refractivity (Wildman–Crippen MR) is 86.8 cm³/mol. The highest BCUT2D eigenvalue weighted by molar-refractivity contribution is 6.30. The highest BCUT2D eigenvalue weighted by atomic mass is 35.5. The fourth-order valence-electron chi connectivity index (χ4n) is 2.23. The summed E-state index contributed by atoms with van der Waals surface area (Å²) in [5, 5.41) is 5.91. The van der Waals surface area contributed by atoms with E-state index in [0.717, 1.165) is 11.3 Å². The van der Waals surface area contributed by atoms with Crippen LogP contribution in [0.15, 0.2) is 36.5 Å². The number of rotatable bonds is 4. The quantitative estimate of drug-likeness (QED) is 0.902. The second-order valence-corrected chi connectivity index (χ2v) is 5.50. The van der Waals surface area contributed by atoms with Crippen molar-refractivity contribution in [2.45, 2.75) is 12.8 Å². The zero-order valence-corrected chi connectivity index (χ0v) is 12.9. The summed E-state index contributed by atoms with van der Waals surface area (Å²) in [6, 6.07) is 8.59. The summed E-state index contributed by atoms with van der Waals surface area (Å²) in [6.07, 6.45) is 2.58. The van der Waals surface area contributed by atoms with Gasteiger partial charge in [-0.25, -0.2) is 4.98 Å². The number of halogens is 1. The van der Waals surface area contributed by atoms with E-state index in [2.05, 4.69) is 15.6 Å². The number of aryl methyl sites for hydroxylation is 1. The lowest BCUT2D eigenvalue weighted by atomic mass is 10.0. The third kappa shape index (κ3) is 3.98. The Morgan fingerprint density at radius 2 is 2.17 bits per heavy atom. The molecule has 3 rings (SSSR count). The van der Waals surface area contributed by atoms with Crippen LogP contribution in [-0.4, -0.2) is 23.4 Å². The molecule has 0 atom stereocenters. The van der Waals surface area contributed by atoms with Gasteiger partial charge < -0.3 is 15.4 Å². The van der Waals surface area contributed by atoms with E-state index in [0.29, 0.717) is 29.4 Å². The van der Waals surface area contributed by atoms with Crippen LogP contribution in [0.2, 0.25) is 5.02 Å². The van der Waals surface area contributed by atoms with Crippen molar-refractivity contribution in [2.24, 2.45) is 0 Å². The normalized spacial score (nSPS) is 13.0. The van der Waals surface area contributed by atoms with Crippen molar-refractivity contribution in [1.82, 2.24) is 4.98 Å². The van der Waals surface area contributed by atoms with Crippen LogP contribution in [0.4, 0.5) is 11.5 Å². The smallest absolute Gasteiger partial charge is 0.263 e. The van der Waals surface area contributed by atoms with E-state index in [-0.39, 0.29) is 18.4 Å². The lowest BCUT2D eigenvalue weighted by Gasteiger charge is -2.17. The molecule has 0 aliphatic carbocycles. The average Bonchev–Trinajstić information content (AvgIpc) is 2.55. The van der Waals surface area contributed by atoms with Crippen LogP contribution in [-0.2, 0) is 16.0 Å². The van der Waals surface area contributed by atoms with E-state index < -0.39 is 0 Å². The standard InChI is InChI=1S/C16H14ClN3O3/c17-11-2-5-14(18-8-11)20-16(22)9-23-12-3-4-13-10(7-12)1-6-15(21)19-13/h2-5,7-8H,1,6,9H2,(H,19,21)(H,18,20,22). The molecular formula is C16H14ClN3O3. The Labute approximate surface area is 137 Å². The first-order chi connectivity index (χ1) is 11.1. The topological polar surface area (TPSA) is 80.3 Å². The predicted octanol–water partition coefficient (Wildman–Crippen LogP) is 2.64. The minimum atomic E-state index is -0.314. The van der Waals surface area contributed by atoms with Gasteiger partial charge in [0.1, 0.15) is 11.6 Å². The molecular weight excluding hydrogens is 318 g/mol. The van der Waals surface area contributed by atoms with Gasteiger partial charge in [0.15, 0.2) is 6.61 Å². The molecule has 0 unspecified atom stereocenters. The Morgan fingerprint density at radius 1 is 1.30 bits per heavy atom. The summed E-state index contributed by atoms with van der Waals surface area (Å²) in [6.45, 7) is -0.130. The molecule has 0 saturated carbocycles. The Hall–Kier alpha value is -2.60. The summed E-state index contributed by atoms with van der Waals surface area (Å²) in [5.74, 6) is 0.696. The first kappa shape index (κ1) is 15.3. The van der Waals surface area contributed by atoms with Crippen LogP contribution in [0, 0.1) is 0 Å². The Kier molecular flexibility index (Phi) is 4.43. The van der Waals surface area contributed by atoms with E-state index in [1.165, 1.54) is 6.20 Å². The second kappa shape index (κ2) is 6.66.